The number of methoxy groups -OCH3 is 1. The summed E-state index contributed by atoms with van der Waals surface area (Å²) in [5.74, 6) is 2.09. The Hall–Kier alpha value is -2.57. The molecule has 0 N–H and O–H groups in total. The van der Waals surface area contributed by atoms with E-state index >= 15 is 0 Å². The highest BCUT2D eigenvalue weighted by molar-refractivity contribution is 6.31. The first kappa shape index (κ1) is 17.8. The number of carbonyl (C=O) groups is 1. The molecule has 6 nitrogen and oxygen atoms in total. The van der Waals surface area contributed by atoms with Crippen LogP contribution in [0.25, 0.3) is 0 Å². The van der Waals surface area contributed by atoms with Gasteiger partial charge in [0.2, 0.25) is 0 Å². The highest BCUT2D eigenvalue weighted by atomic mass is 35.5. The maximum absolute atomic E-state index is 11.5. The predicted octanol–water partition coefficient (Wildman–Crippen LogP) is 3.31. The van der Waals surface area contributed by atoms with E-state index in [4.69, 9.17) is 26.1 Å². The van der Waals surface area contributed by atoms with Gasteiger partial charge in [-0.3, -0.25) is 9.69 Å². The number of benzene rings is 2. The summed E-state index contributed by atoms with van der Waals surface area (Å²) >= 11 is 6.25. The summed E-state index contributed by atoms with van der Waals surface area (Å²) in [7, 11) is 1.41. The van der Waals surface area contributed by atoms with E-state index in [1.165, 1.54) is 7.11 Å². The number of rotatable bonds is 2. The fourth-order valence-corrected chi connectivity index (χ4v) is 3.47. The number of ether oxygens (including phenoxy) is 2. The molecule has 2 aromatic carbocycles. The first-order chi connectivity index (χ1) is 13.1. The summed E-state index contributed by atoms with van der Waals surface area (Å²) in [6.07, 6.45) is 0. The van der Waals surface area contributed by atoms with Gasteiger partial charge in [0, 0.05) is 31.2 Å². The van der Waals surface area contributed by atoms with Gasteiger partial charge in [-0.05, 0) is 30.3 Å². The number of aliphatic imine (C=N–C) groups is 1. The van der Waals surface area contributed by atoms with Gasteiger partial charge < -0.3 is 14.4 Å². The molecule has 2 aliphatic heterocycles. The van der Waals surface area contributed by atoms with Gasteiger partial charge in [0.05, 0.1) is 19.2 Å². The summed E-state index contributed by atoms with van der Waals surface area (Å²) in [5.41, 5.74) is 1.66. The van der Waals surface area contributed by atoms with Crippen molar-refractivity contribution >= 4 is 29.1 Å². The summed E-state index contributed by atoms with van der Waals surface area (Å²) < 4.78 is 10.9. The highest BCUT2D eigenvalue weighted by Gasteiger charge is 2.26. The minimum absolute atomic E-state index is 0.213. The first-order valence-electron chi connectivity index (χ1n) is 8.83. The molecule has 0 aromatic heterocycles. The van der Waals surface area contributed by atoms with E-state index in [0.717, 1.165) is 54.8 Å². The number of nitrogens with zero attached hydrogens (tertiary/aromatic N) is 3. The normalized spacial score (nSPS) is 16.5. The number of piperazine rings is 1. The Balaban J connectivity index is 1.64. The third-order valence-corrected chi connectivity index (χ3v) is 4.98. The average molecular weight is 386 g/mol. The SMILES string of the molecule is COC(=O)CN1CCN(C2=Nc3ccccc3Oc3ccc(Cl)cc32)CC1. The molecule has 0 radical (unpaired) electrons. The number of esters is 1. The van der Waals surface area contributed by atoms with E-state index in [-0.39, 0.29) is 5.97 Å². The molecule has 2 aliphatic rings. The van der Waals surface area contributed by atoms with Gasteiger partial charge in [-0.15, -0.1) is 0 Å². The maximum Gasteiger partial charge on any atom is 0.319 e. The average Bonchev–Trinajstić information content (AvgIpc) is 2.85. The zero-order valence-electron chi connectivity index (χ0n) is 15.0. The molecule has 0 aliphatic carbocycles. The number of hydrogen-bond acceptors (Lipinski definition) is 6. The van der Waals surface area contributed by atoms with Gasteiger partial charge in [-0.1, -0.05) is 23.7 Å². The van der Waals surface area contributed by atoms with E-state index < -0.39 is 0 Å². The second-order valence-corrected chi connectivity index (χ2v) is 6.92. The fourth-order valence-electron chi connectivity index (χ4n) is 3.30. The summed E-state index contributed by atoms with van der Waals surface area (Å²) in [4.78, 5) is 20.7. The van der Waals surface area contributed by atoms with Crippen molar-refractivity contribution in [3.05, 3.63) is 53.1 Å². The van der Waals surface area contributed by atoms with Crippen molar-refractivity contribution in [3.8, 4) is 11.5 Å². The lowest BCUT2D eigenvalue weighted by Crippen LogP contribution is -2.50. The Morgan fingerprint density at radius 3 is 2.70 bits per heavy atom. The minimum atomic E-state index is -0.213. The molecule has 140 valence electrons. The maximum atomic E-state index is 11.5. The Kier molecular flexibility index (Phi) is 5.01. The Morgan fingerprint density at radius 1 is 1.15 bits per heavy atom. The van der Waals surface area contributed by atoms with Gasteiger partial charge in [-0.2, -0.15) is 0 Å². The second-order valence-electron chi connectivity index (χ2n) is 6.49. The number of fused-ring (bicyclic) bond motifs is 2. The van der Waals surface area contributed by atoms with Gasteiger partial charge in [0.1, 0.15) is 17.3 Å². The molecule has 0 saturated carbocycles. The van der Waals surface area contributed by atoms with Crippen molar-refractivity contribution in [2.45, 2.75) is 0 Å². The molecule has 1 fully saturated rings. The number of amidine groups is 1. The molecular formula is C20H20ClN3O3. The molecule has 0 unspecified atom stereocenters. The lowest BCUT2D eigenvalue weighted by Gasteiger charge is -2.36. The first-order valence-corrected chi connectivity index (χ1v) is 9.21. The third kappa shape index (κ3) is 3.77. The molecule has 1 saturated heterocycles. The van der Waals surface area contributed by atoms with Crippen LogP contribution in [0.5, 0.6) is 11.5 Å². The summed E-state index contributed by atoms with van der Waals surface area (Å²) in [5, 5.41) is 0.639. The van der Waals surface area contributed by atoms with E-state index in [1.54, 1.807) is 0 Å². The molecule has 4 rings (SSSR count). The molecule has 0 amide bonds. The van der Waals surface area contributed by atoms with Crippen LogP contribution in [0.3, 0.4) is 0 Å². The largest absolute Gasteiger partial charge is 0.468 e. The van der Waals surface area contributed by atoms with Crippen LogP contribution in [-0.2, 0) is 9.53 Å². The molecule has 0 bridgehead atoms. The Morgan fingerprint density at radius 2 is 1.93 bits per heavy atom. The van der Waals surface area contributed by atoms with Crippen LogP contribution in [0.4, 0.5) is 5.69 Å². The predicted molar refractivity (Wildman–Crippen MR) is 104 cm³/mol. The van der Waals surface area contributed by atoms with E-state index in [9.17, 15) is 4.79 Å². The molecule has 27 heavy (non-hydrogen) atoms. The van der Waals surface area contributed by atoms with Crippen molar-refractivity contribution < 1.29 is 14.3 Å². The highest BCUT2D eigenvalue weighted by Crippen LogP contribution is 2.38. The van der Waals surface area contributed by atoms with Crippen molar-refractivity contribution in [1.29, 1.82) is 0 Å². The molecule has 2 heterocycles. The molecule has 0 spiro atoms. The van der Waals surface area contributed by atoms with E-state index in [2.05, 4.69) is 9.80 Å². The monoisotopic (exact) mass is 385 g/mol. The standard InChI is InChI=1S/C20H20ClN3O3/c1-26-19(25)13-23-8-10-24(11-9-23)20-15-12-14(21)6-7-17(15)27-18-5-3-2-4-16(18)22-20/h2-7,12H,8-11,13H2,1H3. The summed E-state index contributed by atoms with van der Waals surface area (Å²) in [6.45, 7) is 3.33. The zero-order chi connectivity index (χ0) is 18.8. The quantitative estimate of drug-likeness (QED) is 0.742. The number of halogens is 1. The van der Waals surface area contributed by atoms with Gasteiger partial charge >= 0.3 is 5.97 Å². The van der Waals surface area contributed by atoms with Gasteiger partial charge in [-0.25, -0.2) is 4.99 Å². The number of carbonyl (C=O) groups excluding carboxylic acids is 1. The summed E-state index contributed by atoms with van der Waals surface area (Å²) in [6, 6.07) is 13.3. The molecule has 7 heteroatoms. The van der Waals surface area contributed by atoms with E-state index in [0.29, 0.717) is 11.6 Å². The smallest absolute Gasteiger partial charge is 0.319 e. The van der Waals surface area contributed by atoms with Crippen LogP contribution in [-0.4, -0.2) is 61.4 Å². The van der Waals surface area contributed by atoms with Crippen LogP contribution >= 0.6 is 11.6 Å². The Bertz CT molecular complexity index is 892. The minimum Gasteiger partial charge on any atom is -0.468 e. The lowest BCUT2D eigenvalue weighted by molar-refractivity contribution is -0.142. The van der Waals surface area contributed by atoms with E-state index in [1.807, 2.05) is 42.5 Å². The third-order valence-electron chi connectivity index (χ3n) is 4.75. The van der Waals surface area contributed by atoms with Crippen molar-refractivity contribution in [3.63, 3.8) is 0 Å². The van der Waals surface area contributed by atoms with Crippen molar-refractivity contribution in [2.75, 3.05) is 39.8 Å². The fraction of sp³-hybridized carbons (Fsp3) is 0.300. The number of hydrogen-bond donors (Lipinski definition) is 0. The number of para-hydroxylation sites is 2. The van der Waals surface area contributed by atoms with Crippen LogP contribution < -0.4 is 4.74 Å². The molecule has 0 atom stereocenters. The van der Waals surface area contributed by atoms with Crippen molar-refractivity contribution in [2.24, 2.45) is 4.99 Å². The van der Waals surface area contributed by atoms with Crippen LogP contribution in [0.2, 0.25) is 5.02 Å². The second kappa shape index (κ2) is 7.58. The molecular weight excluding hydrogens is 366 g/mol. The topological polar surface area (TPSA) is 54.4 Å². The van der Waals surface area contributed by atoms with Gasteiger partial charge in [0.25, 0.3) is 0 Å². The van der Waals surface area contributed by atoms with Crippen molar-refractivity contribution in [1.82, 2.24) is 9.80 Å². The van der Waals surface area contributed by atoms with Crippen LogP contribution in [0, 0.1) is 0 Å². The van der Waals surface area contributed by atoms with Crippen LogP contribution in [0.1, 0.15) is 5.56 Å². The Labute approximate surface area is 163 Å². The van der Waals surface area contributed by atoms with Gasteiger partial charge in [0.15, 0.2) is 5.75 Å². The van der Waals surface area contributed by atoms with Crippen LogP contribution in [0.15, 0.2) is 47.5 Å². The molecule has 2 aromatic rings. The zero-order valence-corrected chi connectivity index (χ0v) is 15.8. The lowest BCUT2D eigenvalue weighted by atomic mass is 10.1.